The zero-order valence-corrected chi connectivity index (χ0v) is 9.43. The minimum Gasteiger partial charge on any atom is -0.396 e. The van der Waals surface area contributed by atoms with Gasteiger partial charge in [0, 0.05) is 12.0 Å². The zero-order valence-electron chi connectivity index (χ0n) is 8.68. The van der Waals surface area contributed by atoms with Crippen LogP contribution in [0.5, 0.6) is 0 Å². The zero-order chi connectivity index (χ0) is 9.85. The summed E-state index contributed by atoms with van der Waals surface area (Å²) in [7, 11) is 0. The fourth-order valence-corrected chi connectivity index (χ4v) is 4.33. The van der Waals surface area contributed by atoms with Crippen LogP contribution in [0.1, 0.15) is 33.6 Å². The standard InChI is InChI=1S/C11H19ClO/c1-10(2)7-4-8(6-13)11(10,3)9(12)5-7/h7-9,13H,4-6H2,1-3H3. The molecule has 2 fully saturated rings. The van der Waals surface area contributed by atoms with E-state index in [2.05, 4.69) is 20.8 Å². The Labute approximate surface area is 85.5 Å². The van der Waals surface area contributed by atoms with Crippen LogP contribution in [0.15, 0.2) is 0 Å². The quantitative estimate of drug-likeness (QED) is 0.649. The number of halogens is 1. The van der Waals surface area contributed by atoms with Crippen molar-refractivity contribution in [1.82, 2.24) is 0 Å². The predicted molar refractivity (Wildman–Crippen MR) is 54.8 cm³/mol. The van der Waals surface area contributed by atoms with E-state index >= 15 is 0 Å². The van der Waals surface area contributed by atoms with Gasteiger partial charge < -0.3 is 5.11 Å². The highest BCUT2D eigenvalue weighted by Crippen LogP contribution is 2.69. The smallest absolute Gasteiger partial charge is 0.0465 e. The van der Waals surface area contributed by atoms with E-state index < -0.39 is 0 Å². The molecule has 76 valence electrons. The lowest BCUT2D eigenvalue weighted by Gasteiger charge is -2.41. The third-order valence-electron chi connectivity index (χ3n) is 5.19. The second-order valence-electron chi connectivity index (χ2n) is 5.52. The van der Waals surface area contributed by atoms with Crippen LogP contribution < -0.4 is 0 Å². The molecule has 2 aliphatic carbocycles. The van der Waals surface area contributed by atoms with E-state index in [0.29, 0.717) is 17.9 Å². The van der Waals surface area contributed by atoms with Crippen LogP contribution in [0, 0.1) is 22.7 Å². The molecule has 0 radical (unpaired) electrons. The molecular formula is C11H19ClO. The van der Waals surface area contributed by atoms with E-state index in [1.807, 2.05) is 0 Å². The third kappa shape index (κ3) is 0.928. The Hall–Kier alpha value is 0.250. The molecule has 2 saturated carbocycles. The number of aliphatic hydroxyl groups excluding tert-OH is 1. The van der Waals surface area contributed by atoms with Crippen LogP contribution in [0.4, 0.5) is 0 Å². The molecule has 0 saturated heterocycles. The Kier molecular flexibility index (Phi) is 1.99. The summed E-state index contributed by atoms with van der Waals surface area (Å²) in [4.78, 5) is 0. The molecule has 4 unspecified atom stereocenters. The predicted octanol–water partition coefficient (Wildman–Crippen LogP) is 2.66. The van der Waals surface area contributed by atoms with Gasteiger partial charge in [-0.25, -0.2) is 0 Å². The van der Waals surface area contributed by atoms with Gasteiger partial charge in [0.15, 0.2) is 0 Å². The van der Waals surface area contributed by atoms with Gasteiger partial charge in [0.1, 0.15) is 0 Å². The molecule has 13 heavy (non-hydrogen) atoms. The summed E-state index contributed by atoms with van der Waals surface area (Å²) in [5.74, 6) is 1.14. The maximum atomic E-state index is 9.34. The summed E-state index contributed by atoms with van der Waals surface area (Å²) in [6.07, 6.45) is 2.31. The fraction of sp³-hybridized carbons (Fsp3) is 1.00. The highest BCUT2D eigenvalue weighted by molar-refractivity contribution is 6.21. The minimum absolute atomic E-state index is 0.147. The minimum atomic E-state index is 0.147. The van der Waals surface area contributed by atoms with E-state index in [1.54, 1.807) is 0 Å². The number of hydrogen-bond donors (Lipinski definition) is 1. The van der Waals surface area contributed by atoms with Gasteiger partial charge in [-0.2, -0.15) is 0 Å². The van der Waals surface area contributed by atoms with Crippen LogP contribution in [0.25, 0.3) is 0 Å². The summed E-state index contributed by atoms with van der Waals surface area (Å²) in [5.41, 5.74) is 0.459. The van der Waals surface area contributed by atoms with Gasteiger partial charge in [-0.3, -0.25) is 0 Å². The molecule has 0 spiro atoms. The molecule has 2 aliphatic rings. The van der Waals surface area contributed by atoms with Crippen molar-refractivity contribution in [2.45, 2.75) is 39.0 Å². The van der Waals surface area contributed by atoms with Crippen LogP contribution in [0.2, 0.25) is 0 Å². The number of alkyl halides is 1. The summed E-state index contributed by atoms with van der Waals surface area (Å²) >= 11 is 6.40. The lowest BCUT2D eigenvalue weighted by Crippen LogP contribution is -2.40. The SMILES string of the molecule is CC1(C)C2CC(Cl)C1(C)C(CO)C2. The molecule has 1 N–H and O–H groups in total. The summed E-state index contributed by atoms with van der Waals surface area (Å²) in [6, 6.07) is 0. The average molecular weight is 203 g/mol. The number of aliphatic hydroxyl groups is 1. The second kappa shape index (κ2) is 2.64. The van der Waals surface area contributed by atoms with Crippen molar-refractivity contribution in [2.75, 3.05) is 6.61 Å². The molecule has 4 atom stereocenters. The second-order valence-corrected chi connectivity index (χ2v) is 6.05. The van der Waals surface area contributed by atoms with E-state index in [9.17, 15) is 5.11 Å². The Morgan fingerprint density at radius 3 is 2.23 bits per heavy atom. The van der Waals surface area contributed by atoms with Gasteiger partial charge in [-0.05, 0) is 35.5 Å². The van der Waals surface area contributed by atoms with Crippen LogP contribution in [-0.2, 0) is 0 Å². The van der Waals surface area contributed by atoms with Gasteiger partial charge in [-0.15, -0.1) is 11.6 Å². The first-order chi connectivity index (χ1) is 5.94. The Morgan fingerprint density at radius 1 is 1.31 bits per heavy atom. The molecule has 2 bridgehead atoms. The Bertz CT molecular complexity index is 226. The molecule has 1 nitrogen and oxygen atoms in total. The van der Waals surface area contributed by atoms with Gasteiger partial charge in [0.2, 0.25) is 0 Å². The number of rotatable bonds is 1. The highest BCUT2D eigenvalue weighted by Gasteiger charge is 2.65. The monoisotopic (exact) mass is 202 g/mol. The van der Waals surface area contributed by atoms with Crippen molar-refractivity contribution in [3.63, 3.8) is 0 Å². The van der Waals surface area contributed by atoms with Crippen molar-refractivity contribution in [3.8, 4) is 0 Å². The topological polar surface area (TPSA) is 20.2 Å². The summed E-state index contributed by atoms with van der Waals surface area (Å²) in [5, 5.41) is 9.61. The van der Waals surface area contributed by atoms with Crippen LogP contribution >= 0.6 is 11.6 Å². The lowest BCUT2D eigenvalue weighted by atomic mass is 9.67. The first-order valence-corrected chi connectivity index (χ1v) is 5.63. The Morgan fingerprint density at radius 2 is 1.92 bits per heavy atom. The maximum absolute atomic E-state index is 9.34. The Balaban J connectivity index is 2.39. The molecule has 0 aliphatic heterocycles. The van der Waals surface area contributed by atoms with Gasteiger partial charge in [0.25, 0.3) is 0 Å². The van der Waals surface area contributed by atoms with Crippen molar-refractivity contribution >= 4 is 11.6 Å². The normalized spacial score (nSPS) is 52.8. The van der Waals surface area contributed by atoms with Gasteiger partial charge in [-0.1, -0.05) is 20.8 Å². The first-order valence-electron chi connectivity index (χ1n) is 5.19. The molecule has 0 heterocycles. The van der Waals surface area contributed by atoms with E-state index in [-0.39, 0.29) is 10.8 Å². The fourth-order valence-electron chi connectivity index (χ4n) is 3.66. The van der Waals surface area contributed by atoms with Crippen molar-refractivity contribution in [2.24, 2.45) is 22.7 Å². The molecule has 0 amide bonds. The highest BCUT2D eigenvalue weighted by atomic mass is 35.5. The average Bonchev–Trinajstić information content (AvgIpc) is 2.34. The molecule has 0 aromatic heterocycles. The maximum Gasteiger partial charge on any atom is 0.0465 e. The largest absolute Gasteiger partial charge is 0.396 e. The van der Waals surface area contributed by atoms with Crippen molar-refractivity contribution in [1.29, 1.82) is 0 Å². The summed E-state index contributed by atoms with van der Waals surface area (Å²) < 4.78 is 0. The van der Waals surface area contributed by atoms with Crippen LogP contribution in [-0.4, -0.2) is 17.1 Å². The van der Waals surface area contributed by atoms with Gasteiger partial charge >= 0.3 is 0 Å². The van der Waals surface area contributed by atoms with E-state index in [4.69, 9.17) is 11.6 Å². The third-order valence-corrected chi connectivity index (χ3v) is 5.82. The number of hydrogen-bond acceptors (Lipinski definition) is 1. The molecule has 0 aromatic carbocycles. The van der Waals surface area contributed by atoms with E-state index in [0.717, 1.165) is 12.3 Å². The molecule has 0 aromatic rings. The van der Waals surface area contributed by atoms with E-state index in [1.165, 1.54) is 6.42 Å². The van der Waals surface area contributed by atoms with Crippen molar-refractivity contribution < 1.29 is 5.11 Å². The number of fused-ring (bicyclic) bond motifs is 2. The van der Waals surface area contributed by atoms with Crippen molar-refractivity contribution in [3.05, 3.63) is 0 Å². The van der Waals surface area contributed by atoms with Crippen LogP contribution in [0.3, 0.4) is 0 Å². The summed E-state index contributed by atoms with van der Waals surface area (Å²) in [6.45, 7) is 7.20. The molecule has 2 heteroatoms. The lowest BCUT2D eigenvalue weighted by molar-refractivity contribution is 0.0656. The first kappa shape index (κ1) is 9.79. The van der Waals surface area contributed by atoms with Gasteiger partial charge in [0.05, 0.1) is 0 Å². The molecule has 2 rings (SSSR count). The molecular weight excluding hydrogens is 184 g/mol.